The maximum atomic E-state index is 12.4. The minimum absolute atomic E-state index is 0.102. The molecule has 106 valence electrons. The van der Waals surface area contributed by atoms with E-state index in [0.717, 1.165) is 37.3 Å². The molecule has 4 heteroatoms. The van der Waals surface area contributed by atoms with Crippen molar-refractivity contribution >= 4 is 5.97 Å². The van der Waals surface area contributed by atoms with Crippen LogP contribution in [0.3, 0.4) is 0 Å². The Bertz CT molecular complexity index is 481. The maximum absolute atomic E-state index is 12.4. The molecule has 4 nitrogen and oxygen atoms in total. The number of hydrogen-bond donors (Lipinski definition) is 0. The number of carbonyl (C=O) groups is 1. The zero-order chi connectivity index (χ0) is 14.2. The Morgan fingerprint density at radius 2 is 2.00 bits per heavy atom. The second-order valence-corrected chi connectivity index (χ2v) is 6.54. The number of imidazole rings is 1. The van der Waals surface area contributed by atoms with Gasteiger partial charge in [-0.15, -0.1) is 0 Å². The molecular weight excluding hydrogens is 240 g/mol. The van der Waals surface area contributed by atoms with Gasteiger partial charge in [0.15, 0.2) is 5.69 Å². The van der Waals surface area contributed by atoms with Gasteiger partial charge in [-0.05, 0) is 26.7 Å². The van der Waals surface area contributed by atoms with Gasteiger partial charge in [0.05, 0.1) is 11.8 Å². The molecule has 0 unspecified atom stereocenters. The normalized spacial score (nSPS) is 15.5. The molecule has 0 amide bonds. The quantitative estimate of drug-likeness (QED) is 0.771. The Morgan fingerprint density at radius 1 is 1.32 bits per heavy atom. The van der Waals surface area contributed by atoms with Crippen molar-refractivity contribution in [1.29, 1.82) is 0 Å². The highest BCUT2D eigenvalue weighted by Crippen LogP contribution is 2.29. The number of hydrogen-bond acceptors (Lipinski definition) is 3. The molecule has 1 aromatic rings. The van der Waals surface area contributed by atoms with Crippen molar-refractivity contribution in [3.8, 4) is 0 Å². The lowest BCUT2D eigenvalue weighted by Gasteiger charge is -2.20. The number of esters is 1. The summed E-state index contributed by atoms with van der Waals surface area (Å²) in [5, 5.41) is 0. The summed E-state index contributed by atoms with van der Waals surface area (Å²) < 4.78 is 7.46. The average molecular weight is 264 g/mol. The van der Waals surface area contributed by atoms with Crippen LogP contribution in [0.4, 0.5) is 0 Å². The molecule has 0 aromatic carbocycles. The van der Waals surface area contributed by atoms with Crippen LogP contribution >= 0.6 is 0 Å². The van der Waals surface area contributed by atoms with Gasteiger partial charge in [-0.3, -0.25) is 0 Å². The standard InChI is InChI=1S/C15H24N2O2/c1-10(2)19-14(18)12-13(15(3,4)5)16-11-8-6-7-9-17(11)12/h10H,6-9H2,1-5H3. The van der Waals surface area contributed by atoms with Crippen LogP contribution in [0.15, 0.2) is 0 Å². The fourth-order valence-corrected chi connectivity index (χ4v) is 2.48. The summed E-state index contributed by atoms with van der Waals surface area (Å²) in [6.07, 6.45) is 3.11. The first-order valence-corrected chi connectivity index (χ1v) is 7.11. The van der Waals surface area contributed by atoms with E-state index in [1.54, 1.807) is 0 Å². The Labute approximate surface area is 115 Å². The number of fused-ring (bicyclic) bond motifs is 1. The summed E-state index contributed by atoms with van der Waals surface area (Å²) in [6, 6.07) is 0. The molecule has 0 atom stereocenters. The molecular formula is C15H24N2O2. The molecule has 0 N–H and O–H groups in total. The molecule has 2 rings (SSSR count). The van der Waals surface area contributed by atoms with Gasteiger partial charge in [0.25, 0.3) is 0 Å². The van der Waals surface area contributed by atoms with Gasteiger partial charge in [0, 0.05) is 18.4 Å². The van der Waals surface area contributed by atoms with Crippen LogP contribution in [0.5, 0.6) is 0 Å². The van der Waals surface area contributed by atoms with Crippen molar-refractivity contribution in [2.45, 2.75) is 71.9 Å². The first-order valence-electron chi connectivity index (χ1n) is 7.11. The molecule has 0 saturated heterocycles. The molecule has 1 aliphatic heterocycles. The topological polar surface area (TPSA) is 44.1 Å². The molecule has 0 radical (unpaired) electrons. The number of aromatic nitrogens is 2. The van der Waals surface area contributed by atoms with Gasteiger partial charge in [0.1, 0.15) is 5.82 Å². The highest BCUT2D eigenvalue weighted by atomic mass is 16.5. The van der Waals surface area contributed by atoms with Gasteiger partial charge >= 0.3 is 5.97 Å². The number of ether oxygens (including phenoxy) is 1. The number of aryl methyl sites for hydroxylation is 1. The lowest BCUT2D eigenvalue weighted by atomic mass is 9.90. The number of rotatable bonds is 2. The summed E-state index contributed by atoms with van der Waals surface area (Å²) in [4.78, 5) is 17.1. The van der Waals surface area contributed by atoms with Gasteiger partial charge < -0.3 is 9.30 Å². The van der Waals surface area contributed by atoms with Crippen molar-refractivity contribution < 1.29 is 9.53 Å². The smallest absolute Gasteiger partial charge is 0.357 e. The van der Waals surface area contributed by atoms with E-state index in [1.807, 2.05) is 13.8 Å². The van der Waals surface area contributed by atoms with E-state index in [1.165, 1.54) is 0 Å². The predicted octanol–water partition coefficient (Wildman–Crippen LogP) is 3.08. The van der Waals surface area contributed by atoms with E-state index >= 15 is 0 Å². The molecule has 2 heterocycles. The fraction of sp³-hybridized carbons (Fsp3) is 0.733. The molecule has 1 aliphatic rings. The monoisotopic (exact) mass is 264 g/mol. The molecule has 1 aromatic heterocycles. The lowest BCUT2D eigenvalue weighted by Crippen LogP contribution is -2.23. The molecule has 0 bridgehead atoms. The van der Waals surface area contributed by atoms with Crippen molar-refractivity contribution in [3.63, 3.8) is 0 Å². The van der Waals surface area contributed by atoms with E-state index in [9.17, 15) is 4.79 Å². The first-order chi connectivity index (χ1) is 8.80. The van der Waals surface area contributed by atoms with Crippen molar-refractivity contribution in [3.05, 3.63) is 17.2 Å². The second-order valence-electron chi connectivity index (χ2n) is 6.54. The highest BCUT2D eigenvalue weighted by Gasteiger charge is 2.32. The Kier molecular flexibility index (Phi) is 3.70. The van der Waals surface area contributed by atoms with E-state index in [2.05, 4.69) is 25.3 Å². The summed E-state index contributed by atoms with van der Waals surface area (Å²) in [6.45, 7) is 10.9. The van der Waals surface area contributed by atoms with Gasteiger partial charge in [-0.2, -0.15) is 0 Å². The number of nitrogens with zero attached hydrogens (tertiary/aromatic N) is 2. The van der Waals surface area contributed by atoms with E-state index in [-0.39, 0.29) is 17.5 Å². The highest BCUT2D eigenvalue weighted by molar-refractivity contribution is 5.89. The van der Waals surface area contributed by atoms with Crippen LogP contribution in [0.25, 0.3) is 0 Å². The fourth-order valence-electron chi connectivity index (χ4n) is 2.48. The average Bonchev–Trinajstić information content (AvgIpc) is 2.66. The zero-order valence-electron chi connectivity index (χ0n) is 12.6. The van der Waals surface area contributed by atoms with E-state index in [0.29, 0.717) is 5.69 Å². The van der Waals surface area contributed by atoms with Crippen molar-refractivity contribution in [2.24, 2.45) is 0 Å². The lowest BCUT2D eigenvalue weighted by molar-refractivity contribution is 0.0360. The van der Waals surface area contributed by atoms with Gasteiger partial charge in [-0.25, -0.2) is 9.78 Å². The van der Waals surface area contributed by atoms with Crippen LogP contribution < -0.4 is 0 Å². The molecule has 19 heavy (non-hydrogen) atoms. The Balaban J connectivity index is 2.49. The van der Waals surface area contributed by atoms with E-state index < -0.39 is 0 Å². The third kappa shape index (κ3) is 2.82. The van der Waals surface area contributed by atoms with Gasteiger partial charge in [-0.1, -0.05) is 20.8 Å². The summed E-state index contributed by atoms with van der Waals surface area (Å²) in [5.74, 6) is 0.799. The number of carbonyl (C=O) groups excluding carboxylic acids is 1. The molecule has 0 fully saturated rings. The Morgan fingerprint density at radius 3 is 2.58 bits per heavy atom. The summed E-state index contributed by atoms with van der Waals surface area (Å²) in [7, 11) is 0. The van der Waals surface area contributed by atoms with Crippen molar-refractivity contribution in [2.75, 3.05) is 0 Å². The summed E-state index contributed by atoms with van der Waals surface area (Å²) >= 11 is 0. The third-order valence-corrected chi connectivity index (χ3v) is 3.33. The SMILES string of the molecule is CC(C)OC(=O)c1c(C(C)(C)C)nc2n1CCCC2. The van der Waals surface area contributed by atoms with E-state index in [4.69, 9.17) is 9.72 Å². The minimum Gasteiger partial charge on any atom is -0.458 e. The maximum Gasteiger partial charge on any atom is 0.357 e. The Hall–Kier alpha value is -1.32. The first kappa shape index (κ1) is 14.1. The zero-order valence-corrected chi connectivity index (χ0v) is 12.6. The van der Waals surface area contributed by atoms with Crippen LogP contribution in [0.1, 0.15) is 69.5 Å². The van der Waals surface area contributed by atoms with Gasteiger partial charge in [0.2, 0.25) is 0 Å². The van der Waals surface area contributed by atoms with Crippen LogP contribution in [-0.4, -0.2) is 21.6 Å². The molecule has 0 spiro atoms. The third-order valence-electron chi connectivity index (χ3n) is 3.33. The molecule has 0 aliphatic carbocycles. The minimum atomic E-state index is -0.236. The second kappa shape index (κ2) is 4.99. The van der Waals surface area contributed by atoms with Crippen LogP contribution in [0.2, 0.25) is 0 Å². The predicted molar refractivity (Wildman–Crippen MR) is 74.4 cm³/mol. The van der Waals surface area contributed by atoms with Crippen LogP contribution in [-0.2, 0) is 23.1 Å². The molecule has 0 saturated carbocycles. The summed E-state index contributed by atoms with van der Waals surface area (Å²) in [5.41, 5.74) is 1.39. The largest absolute Gasteiger partial charge is 0.458 e. The van der Waals surface area contributed by atoms with Crippen LogP contribution in [0, 0.1) is 0 Å². The van der Waals surface area contributed by atoms with Crippen molar-refractivity contribution in [1.82, 2.24) is 9.55 Å².